The lowest BCUT2D eigenvalue weighted by Crippen LogP contribution is -2.54. The summed E-state index contributed by atoms with van der Waals surface area (Å²) in [5.74, 6) is 1.61. The Morgan fingerprint density at radius 3 is 2.65 bits per heavy atom. The van der Waals surface area contributed by atoms with E-state index < -0.39 is 10.0 Å². The van der Waals surface area contributed by atoms with Gasteiger partial charge in [-0.3, -0.25) is 0 Å². The van der Waals surface area contributed by atoms with Gasteiger partial charge in [-0.05, 0) is 32.9 Å². The number of guanidine groups is 1. The minimum atomic E-state index is -3.28. The highest BCUT2D eigenvalue weighted by atomic mass is 32.2. The number of furan rings is 1. The number of sulfonamides is 1. The molecule has 1 aliphatic rings. The first-order chi connectivity index (χ1) is 12.4. The highest BCUT2D eigenvalue weighted by Crippen LogP contribution is 2.10. The van der Waals surface area contributed by atoms with Crippen LogP contribution in [0.2, 0.25) is 0 Å². The van der Waals surface area contributed by atoms with Crippen molar-refractivity contribution in [3.8, 4) is 0 Å². The van der Waals surface area contributed by atoms with Crippen LogP contribution in [0.15, 0.2) is 27.8 Å². The van der Waals surface area contributed by atoms with Crippen molar-refractivity contribution < 1.29 is 17.6 Å². The van der Waals surface area contributed by atoms with E-state index in [1.807, 2.05) is 32.9 Å². The Hall–Kier alpha value is -1.58. The number of nitrogens with zero attached hydrogens (tertiary/aromatic N) is 3. The predicted octanol–water partition coefficient (Wildman–Crippen LogP) is 1.12. The van der Waals surface area contributed by atoms with Crippen LogP contribution in [0.25, 0.3) is 0 Å². The van der Waals surface area contributed by atoms with Gasteiger partial charge in [-0.25, -0.2) is 13.4 Å². The normalized spacial score (nSPS) is 17.1. The molecule has 1 aliphatic heterocycles. The summed E-state index contributed by atoms with van der Waals surface area (Å²) in [6, 6.07) is 3.72. The molecular weight excluding hydrogens is 356 g/mol. The van der Waals surface area contributed by atoms with Crippen molar-refractivity contribution in [2.45, 2.75) is 33.4 Å². The van der Waals surface area contributed by atoms with Crippen molar-refractivity contribution in [3.05, 3.63) is 24.2 Å². The van der Waals surface area contributed by atoms with E-state index in [1.54, 1.807) is 10.6 Å². The lowest BCUT2D eigenvalue weighted by molar-refractivity contribution is 0.0904. The fraction of sp³-hybridized carbons (Fsp3) is 0.706. The van der Waals surface area contributed by atoms with Gasteiger partial charge in [0.15, 0.2) is 5.96 Å². The number of rotatable bonds is 8. The Bertz CT molecular complexity index is 650. The Labute approximate surface area is 156 Å². The van der Waals surface area contributed by atoms with E-state index >= 15 is 0 Å². The Balaban J connectivity index is 1.89. The lowest BCUT2D eigenvalue weighted by atomic mass is 10.4. The molecule has 1 N–H and O–H groups in total. The summed E-state index contributed by atoms with van der Waals surface area (Å²) >= 11 is 0. The fourth-order valence-corrected chi connectivity index (χ4v) is 3.96. The van der Waals surface area contributed by atoms with Gasteiger partial charge in [-0.2, -0.15) is 4.31 Å². The van der Waals surface area contributed by atoms with E-state index in [-0.39, 0.29) is 18.5 Å². The van der Waals surface area contributed by atoms with Gasteiger partial charge in [0.05, 0.1) is 24.7 Å². The summed E-state index contributed by atoms with van der Waals surface area (Å²) in [6.07, 6.45) is 1.67. The molecule has 26 heavy (non-hydrogen) atoms. The standard InChI is InChI=1S/C17H30N4O4S/c1-4-18-17(19-14-16-6-5-11-25-16)20-7-9-21(10-8-20)26(22,23)13-12-24-15(2)3/h5-6,11,15H,4,7-10,12-14H2,1-3H3,(H,18,19). The van der Waals surface area contributed by atoms with Crippen molar-refractivity contribution >= 4 is 16.0 Å². The number of nitrogens with one attached hydrogen (secondary N) is 1. The average molecular weight is 387 g/mol. The molecule has 0 saturated carbocycles. The third-order valence-electron chi connectivity index (χ3n) is 4.02. The summed E-state index contributed by atoms with van der Waals surface area (Å²) in [5, 5.41) is 3.26. The van der Waals surface area contributed by atoms with Crippen LogP contribution >= 0.6 is 0 Å². The first-order valence-electron chi connectivity index (χ1n) is 9.07. The minimum Gasteiger partial charge on any atom is -0.467 e. The highest BCUT2D eigenvalue weighted by molar-refractivity contribution is 7.89. The zero-order valence-electron chi connectivity index (χ0n) is 15.8. The van der Waals surface area contributed by atoms with E-state index in [4.69, 9.17) is 9.15 Å². The van der Waals surface area contributed by atoms with Crippen LogP contribution in [0.1, 0.15) is 26.5 Å². The quantitative estimate of drug-likeness (QED) is 0.532. The van der Waals surface area contributed by atoms with E-state index in [1.165, 1.54) is 0 Å². The third-order valence-corrected chi connectivity index (χ3v) is 5.86. The smallest absolute Gasteiger partial charge is 0.216 e. The number of ether oxygens (including phenoxy) is 1. The topological polar surface area (TPSA) is 87.4 Å². The van der Waals surface area contributed by atoms with Gasteiger partial charge in [-0.1, -0.05) is 0 Å². The molecule has 2 heterocycles. The molecule has 0 aromatic carbocycles. The molecule has 0 spiro atoms. The summed E-state index contributed by atoms with van der Waals surface area (Å²) in [7, 11) is -3.28. The SMILES string of the molecule is CCNC(=NCc1ccco1)N1CCN(S(=O)(=O)CCOC(C)C)CC1. The van der Waals surface area contributed by atoms with Crippen molar-refractivity contribution in [3.63, 3.8) is 0 Å². The van der Waals surface area contributed by atoms with Gasteiger partial charge in [0.25, 0.3) is 0 Å². The summed E-state index contributed by atoms with van der Waals surface area (Å²) < 4.78 is 37.1. The maximum Gasteiger partial charge on any atom is 0.216 e. The summed E-state index contributed by atoms with van der Waals surface area (Å²) in [4.78, 5) is 6.67. The molecule has 0 bridgehead atoms. The maximum absolute atomic E-state index is 12.4. The molecule has 2 rings (SSSR count). The van der Waals surface area contributed by atoms with Crippen LogP contribution < -0.4 is 5.32 Å². The van der Waals surface area contributed by atoms with Gasteiger partial charge in [0, 0.05) is 32.7 Å². The molecule has 1 aromatic heterocycles. The maximum atomic E-state index is 12.4. The molecule has 1 saturated heterocycles. The molecule has 148 valence electrons. The van der Waals surface area contributed by atoms with E-state index in [0.717, 1.165) is 18.3 Å². The summed E-state index contributed by atoms with van der Waals surface area (Å²) in [6.45, 7) is 9.37. The predicted molar refractivity (Wildman–Crippen MR) is 102 cm³/mol. The second-order valence-corrected chi connectivity index (χ2v) is 8.46. The van der Waals surface area contributed by atoms with E-state index in [2.05, 4.69) is 15.2 Å². The Morgan fingerprint density at radius 2 is 2.08 bits per heavy atom. The van der Waals surface area contributed by atoms with E-state index in [0.29, 0.717) is 32.7 Å². The second kappa shape index (κ2) is 9.94. The molecular formula is C17H30N4O4S. The molecule has 9 heteroatoms. The van der Waals surface area contributed by atoms with Gasteiger partial charge in [0.2, 0.25) is 10.0 Å². The highest BCUT2D eigenvalue weighted by Gasteiger charge is 2.28. The number of hydrogen-bond acceptors (Lipinski definition) is 5. The first kappa shape index (κ1) is 20.7. The molecule has 1 aromatic rings. The van der Waals surface area contributed by atoms with Crippen LogP contribution in [0, 0.1) is 0 Å². The van der Waals surface area contributed by atoms with Crippen LogP contribution in [0.3, 0.4) is 0 Å². The van der Waals surface area contributed by atoms with Crippen molar-refractivity contribution in [2.24, 2.45) is 4.99 Å². The monoisotopic (exact) mass is 386 g/mol. The Kier molecular flexibility index (Phi) is 7.92. The molecule has 0 atom stereocenters. The van der Waals surface area contributed by atoms with Gasteiger partial charge in [0.1, 0.15) is 12.3 Å². The van der Waals surface area contributed by atoms with Crippen LogP contribution in [0.5, 0.6) is 0 Å². The minimum absolute atomic E-state index is 0.0256. The summed E-state index contributed by atoms with van der Waals surface area (Å²) in [5.41, 5.74) is 0. The van der Waals surface area contributed by atoms with Crippen molar-refractivity contribution in [1.82, 2.24) is 14.5 Å². The zero-order valence-corrected chi connectivity index (χ0v) is 16.7. The van der Waals surface area contributed by atoms with E-state index in [9.17, 15) is 8.42 Å². The number of hydrogen-bond donors (Lipinski definition) is 1. The van der Waals surface area contributed by atoms with Crippen molar-refractivity contribution in [2.75, 3.05) is 45.1 Å². The van der Waals surface area contributed by atoms with Crippen LogP contribution in [0.4, 0.5) is 0 Å². The molecule has 0 radical (unpaired) electrons. The number of aliphatic imine (C=N–C) groups is 1. The number of piperazine rings is 1. The lowest BCUT2D eigenvalue weighted by Gasteiger charge is -2.35. The van der Waals surface area contributed by atoms with Crippen LogP contribution in [-0.2, 0) is 21.3 Å². The fourth-order valence-electron chi connectivity index (χ4n) is 2.68. The average Bonchev–Trinajstić information content (AvgIpc) is 3.12. The van der Waals surface area contributed by atoms with Gasteiger partial charge >= 0.3 is 0 Å². The first-order valence-corrected chi connectivity index (χ1v) is 10.7. The third kappa shape index (κ3) is 6.30. The van der Waals surface area contributed by atoms with Crippen LogP contribution in [-0.4, -0.2) is 74.8 Å². The largest absolute Gasteiger partial charge is 0.467 e. The molecule has 0 aliphatic carbocycles. The zero-order chi connectivity index (χ0) is 19.0. The molecule has 1 fully saturated rings. The molecule has 0 amide bonds. The van der Waals surface area contributed by atoms with Crippen molar-refractivity contribution in [1.29, 1.82) is 0 Å². The molecule has 0 unspecified atom stereocenters. The van der Waals surface area contributed by atoms with Gasteiger partial charge in [-0.15, -0.1) is 0 Å². The Morgan fingerprint density at radius 1 is 1.35 bits per heavy atom. The molecule has 8 nitrogen and oxygen atoms in total. The second-order valence-electron chi connectivity index (χ2n) is 6.37. The van der Waals surface area contributed by atoms with Gasteiger partial charge < -0.3 is 19.4 Å².